The molecule has 3 rings (SSSR count). The third-order valence-electron chi connectivity index (χ3n) is 5.02. The summed E-state index contributed by atoms with van der Waals surface area (Å²) < 4.78 is 33.4. The number of carboxylic acid groups (broad SMARTS) is 1. The van der Waals surface area contributed by atoms with E-state index in [0.29, 0.717) is 11.4 Å². The summed E-state index contributed by atoms with van der Waals surface area (Å²) in [6, 6.07) is 21.4. The van der Waals surface area contributed by atoms with E-state index in [9.17, 15) is 13.2 Å². The van der Waals surface area contributed by atoms with Gasteiger partial charge in [0.05, 0.1) is 4.90 Å². The Morgan fingerprint density at radius 2 is 1.56 bits per heavy atom. The molecule has 0 aliphatic heterocycles. The zero-order valence-electron chi connectivity index (χ0n) is 18.3. The second-order valence-corrected chi connectivity index (χ2v) is 9.86. The van der Waals surface area contributed by atoms with Crippen molar-refractivity contribution >= 4 is 21.7 Å². The van der Waals surface area contributed by atoms with E-state index in [2.05, 4.69) is 4.72 Å². The van der Waals surface area contributed by atoms with Crippen molar-refractivity contribution < 1.29 is 23.1 Å². The Morgan fingerprint density at radius 1 is 0.938 bits per heavy atom. The fourth-order valence-electron chi connectivity index (χ4n) is 3.07. The number of hydrogen-bond acceptors (Lipinski definition) is 4. The number of aryl methyl sites for hydroxylation is 3. The van der Waals surface area contributed by atoms with Crippen LogP contribution >= 0.6 is 0 Å². The molecule has 0 fully saturated rings. The molecule has 0 aliphatic carbocycles. The van der Waals surface area contributed by atoms with E-state index >= 15 is 0 Å². The number of benzene rings is 3. The molecule has 2 N–H and O–H groups in total. The highest BCUT2D eigenvalue weighted by Crippen LogP contribution is 2.21. The van der Waals surface area contributed by atoms with Crippen LogP contribution in [0.15, 0.2) is 77.7 Å². The van der Waals surface area contributed by atoms with Crippen LogP contribution in [0.1, 0.15) is 30.5 Å². The predicted octanol–water partition coefficient (Wildman–Crippen LogP) is 4.82. The maximum atomic E-state index is 12.6. The van der Waals surface area contributed by atoms with Gasteiger partial charge in [0.25, 0.3) is 10.0 Å². The van der Waals surface area contributed by atoms with Crippen LogP contribution in [0, 0.1) is 6.92 Å². The smallest absolute Gasteiger partial charge is 0.347 e. The first-order valence-corrected chi connectivity index (χ1v) is 11.7. The van der Waals surface area contributed by atoms with Crippen molar-refractivity contribution in [2.45, 2.75) is 44.1 Å². The third kappa shape index (κ3) is 6.11. The zero-order chi connectivity index (χ0) is 23.4. The van der Waals surface area contributed by atoms with Crippen LogP contribution in [-0.2, 0) is 27.7 Å². The maximum Gasteiger partial charge on any atom is 0.347 e. The number of carbonyl (C=O) groups is 1. The van der Waals surface area contributed by atoms with Crippen LogP contribution in [0.4, 0.5) is 5.69 Å². The minimum Gasteiger partial charge on any atom is -0.478 e. The van der Waals surface area contributed by atoms with E-state index in [-0.39, 0.29) is 4.90 Å². The van der Waals surface area contributed by atoms with Gasteiger partial charge in [-0.1, -0.05) is 42.0 Å². The summed E-state index contributed by atoms with van der Waals surface area (Å²) in [6.45, 7) is 4.91. The van der Waals surface area contributed by atoms with Gasteiger partial charge < -0.3 is 9.84 Å². The number of anilines is 1. The maximum absolute atomic E-state index is 12.6. The lowest BCUT2D eigenvalue weighted by Gasteiger charge is -2.21. The molecule has 0 spiro atoms. The molecule has 32 heavy (non-hydrogen) atoms. The molecular formula is C25H27NO5S. The molecule has 168 valence electrons. The predicted molar refractivity (Wildman–Crippen MR) is 125 cm³/mol. The number of nitrogens with one attached hydrogen (secondary N) is 1. The van der Waals surface area contributed by atoms with Gasteiger partial charge >= 0.3 is 5.97 Å². The minimum absolute atomic E-state index is 0.224. The van der Waals surface area contributed by atoms with E-state index in [0.717, 1.165) is 29.5 Å². The number of rotatable bonds is 9. The molecule has 0 bridgehead atoms. The van der Waals surface area contributed by atoms with Gasteiger partial charge in [-0.25, -0.2) is 13.2 Å². The lowest BCUT2D eigenvalue weighted by atomic mass is 10.0. The number of sulfonamides is 1. The van der Waals surface area contributed by atoms with Crippen molar-refractivity contribution in [1.82, 2.24) is 0 Å². The van der Waals surface area contributed by atoms with Crippen LogP contribution in [0.5, 0.6) is 5.75 Å². The quantitative estimate of drug-likeness (QED) is 0.484. The van der Waals surface area contributed by atoms with Crippen molar-refractivity contribution in [3.8, 4) is 5.75 Å². The normalized spacial score (nSPS) is 11.7. The molecule has 7 heteroatoms. The SMILES string of the molecule is Cc1ccc(S(=O)(=O)Nc2cccc(CCc3ccc(OC(C)(C)C(=O)O)cc3)c2)cc1. The Morgan fingerprint density at radius 3 is 2.19 bits per heavy atom. The number of hydrogen-bond donors (Lipinski definition) is 2. The topological polar surface area (TPSA) is 92.7 Å². The lowest BCUT2D eigenvalue weighted by molar-refractivity contribution is -0.152. The molecule has 0 radical (unpaired) electrons. The van der Waals surface area contributed by atoms with Gasteiger partial charge in [-0.2, -0.15) is 0 Å². The molecule has 0 saturated carbocycles. The minimum atomic E-state index is -3.65. The molecule has 0 saturated heterocycles. The largest absolute Gasteiger partial charge is 0.478 e. The Balaban J connectivity index is 1.63. The van der Waals surface area contributed by atoms with E-state index < -0.39 is 21.6 Å². The number of carboxylic acids is 1. The second-order valence-electron chi connectivity index (χ2n) is 8.18. The van der Waals surface area contributed by atoms with Gasteiger partial charge in [0.15, 0.2) is 5.60 Å². The van der Waals surface area contributed by atoms with Gasteiger partial charge in [0.2, 0.25) is 0 Å². The first kappa shape index (κ1) is 23.3. The average molecular weight is 454 g/mol. The highest BCUT2D eigenvalue weighted by Gasteiger charge is 2.29. The molecule has 0 unspecified atom stereocenters. The Labute approximate surface area is 188 Å². The van der Waals surface area contributed by atoms with E-state index in [1.807, 2.05) is 37.3 Å². The molecular weight excluding hydrogens is 426 g/mol. The number of aliphatic carboxylic acids is 1. The fraction of sp³-hybridized carbons (Fsp3) is 0.240. The standard InChI is InChI=1S/C25H27NO5S/c1-18-7-15-23(16-8-18)32(29,30)26-21-6-4-5-20(17-21)10-9-19-11-13-22(14-12-19)31-25(2,3)24(27)28/h4-8,11-17,26H,9-10H2,1-3H3,(H,27,28). The van der Waals surface area contributed by atoms with E-state index in [4.69, 9.17) is 9.84 Å². The van der Waals surface area contributed by atoms with E-state index in [1.54, 1.807) is 42.5 Å². The summed E-state index contributed by atoms with van der Waals surface area (Å²) in [5.41, 5.74) is 2.28. The average Bonchev–Trinajstić information content (AvgIpc) is 2.73. The van der Waals surface area contributed by atoms with Crippen LogP contribution in [0.3, 0.4) is 0 Å². The van der Waals surface area contributed by atoms with Crippen molar-refractivity contribution in [2.75, 3.05) is 4.72 Å². The van der Waals surface area contributed by atoms with Gasteiger partial charge in [-0.05, 0) is 81.1 Å². The molecule has 0 aromatic heterocycles. The summed E-state index contributed by atoms with van der Waals surface area (Å²) >= 11 is 0. The summed E-state index contributed by atoms with van der Waals surface area (Å²) in [7, 11) is -3.65. The third-order valence-corrected chi connectivity index (χ3v) is 6.42. The monoisotopic (exact) mass is 453 g/mol. The van der Waals surface area contributed by atoms with Gasteiger partial charge in [0, 0.05) is 5.69 Å². The molecule has 3 aromatic carbocycles. The van der Waals surface area contributed by atoms with Crippen LogP contribution in [0.25, 0.3) is 0 Å². The summed E-state index contributed by atoms with van der Waals surface area (Å²) in [6.07, 6.45) is 1.47. The first-order chi connectivity index (χ1) is 15.0. The van der Waals surface area contributed by atoms with Crippen molar-refractivity contribution in [3.63, 3.8) is 0 Å². The summed E-state index contributed by atoms with van der Waals surface area (Å²) in [5, 5.41) is 9.17. The highest BCUT2D eigenvalue weighted by atomic mass is 32.2. The van der Waals surface area contributed by atoms with Crippen molar-refractivity contribution in [1.29, 1.82) is 0 Å². The summed E-state index contributed by atoms with van der Waals surface area (Å²) in [5.74, 6) is -0.534. The van der Waals surface area contributed by atoms with Crippen LogP contribution < -0.4 is 9.46 Å². The van der Waals surface area contributed by atoms with Gasteiger partial charge in [0.1, 0.15) is 5.75 Å². The van der Waals surface area contributed by atoms with Gasteiger partial charge in [-0.3, -0.25) is 4.72 Å². The molecule has 0 atom stereocenters. The first-order valence-electron chi connectivity index (χ1n) is 10.2. The van der Waals surface area contributed by atoms with E-state index in [1.165, 1.54) is 13.8 Å². The van der Waals surface area contributed by atoms with Crippen LogP contribution in [-0.4, -0.2) is 25.1 Å². The molecule has 0 amide bonds. The Kier molecular flexibility index (Phi) is 6.89. The fourth-order valence-corrected chi connectivity index (χ4v) is 4.12. The van der Waals surface area contributed by atoms with Crippen molar-refractivity contribution in [2.24, 2.45) is 0 Å². The molecule has 3 aromatic rings. The molecule has 0 heterocycles. The number of ether oxygens (including phenoxy) is 1. The lowest BCUT2D eigenvalue weighted by Crippen LogP contribution is -2.37. The summed E-state index contributed by atoms with van der Waals surface area (Å²) in [4.78, 5) is 11.4. The molecule has 6 nitrogen and oxygen atoms in total. The Hall–Kier alpha value is -3.32. The van der Waals surface area contributed by atoms with Crippen molar-refractivity contribution in [3.05, 3.63) is 89.5 Å². The Bertz CT molecular complexity index is 1180. The second kappa shape index (κ2) is 9.44. The molecule has 0 aliphatic rings. The van der Waals surface area contributed by atoms with Crippen LogP contribution in [0.2, 0.25) is 0 Å². The zero-order valence-corrected chi connectivity index (χ0v) is 19.1. The van der Waals surface area contributed by atoms with Gasteiger partial charge in [-0.15, -0.1) is 0 Å². The highest BCUT2D eigenvalue weighted by molar-refractivity contribution is 7.92.